The standard InChI is InChI=1S/C19H20F3N3O2/c1-24-15-9-25(10-5-3-2-4-6-10)18(26)16(15)17(23-19(24)27)11-7-13(21)14(22)8-12(11)20/h7-8,10,17H,2-6,9H2,1H3,(H,23,27)/t17-/m0/s1. The van der Waals surface area contributed by atoms with Crippen molar-refractivity contribution in [3.63, 3.8) is 0 Å². The zero-order valence-corrected chi connectivity index (χ0v) is 14.9. The minimum atomic E-state index is -1.31. The highest BCUT2D eigenvalue weighted by Gasteiger charge is 2.45. The Labute approximate surface area is 154 Å². The van der Waals surface area contributed by atoms with Gasteiger partial charge in [-0.3, -0.25) is 9.69 Å². The van der Waals surface area contributed by atoms with E-state index in [0.29, 0.717) is 17.8 Å². The number of carbonyl (C=O) groups is 2. The van der Waals surface area contributed by atoms with Crippen molar-refractivity contribution in [3.8, 4) is 0 Å². The van der Waals surface area contributed by atoms with E-state index in [1.165, 1.54) is 4.90 Å². The summed E-state index contributed by atoms with van der Waals surface area (Å²) in [6, 6.07) is -0.424. The van der Waals surface area contributed by atoms with Gasteiger partial charge in [0.1, 0.15) is 5.82 Å². The molecule has 1 atom stereocenters. The number of carbonyl (C=O) groups excluding carboxylic acids is 2. The first-order valence-corrected chi connectivity index (χ1v) is 9.11. The molecule has 0 unspecified atom stereocenters. The number of hydrogen-bond donors (Lipinski definition) is 1. The minimum absolute atomic E-state index is 0.0794. The average Bonchev–Trinajstić information content (AvgIpc) is 3.00. The molecular weight excluding hydrogens is 359 g/mol. The van der Waals surface area contributed by atoms with Gasteiger partial charge in [-0.1, -0.05) is 19.3 Å². The van der Waals surface area contributed by atoms with Gasteiger partial charge in [0, 0.05) is 24.7 Å². The molecular formula is C19H20F3N3O2. The summed E-state index contributed by atoms with van der Waals surface area (Å²) in [5, 5.41) is 2.55. The molecule has 0 bridgehead atoms. The monoisotopic (exact) mass is 379 g/mol. The number of nitrogens with one attached hydrogen (secondary N) is 1. The van der Waals surface area contributed by atoms with E-state index in [0.717, 1.165) is 32.1 Å². The molecule has 1 aromatic carbocycles. The normalized spacial score (nSPS) is 23.8. The van der Waals surface area contributed by atoms with Gasteiger partial charge in [-0.05, 0) is 18.9 Å². The number of benzene rings is 1. The van der Waals surface area contributed by atoms with E-state index in [1.54, 1.807) is 11.9 Å². The molecule has 1 fully saturated rings. The second-order valence-corrected chi connectivity index (χ2v) is 7.31. The number of urea groups is 1. The van der Waals surface area contributed by atoms with Gasteiger partial charge < -0.3 is 10.2 Å². The highest BCUT2D eigenvalue weighted by Crippen LogP contribution is 2.39. The van der Waals surface area contributed by atoms with Crippen LogP contribution in [0, 0.1) is 17.5 Å². The summed E-state index contributed by atoms with van der Waals surface area (Å²) >= 11 is 0. The molecule has 1 saturated carbocycles. The third-order valence-corrected chi connectivity index (χ3v) is 5.75. The van der Waals surface area contributed by atoms with Crippen LogP contribution in [-0.2, 0) is 4.79 Å². The molecule has 1 aliphatic carbocycles. The van der Waals surface area contributed by atoms with Crippen molar-refractivity contribution in [1.82, 2.24) is 15.1 Å². The van der Waals surface area contributed by atoms with Crippen LogP contribution >= 0.6 is 0 Å². The lowest BCUT2D eigenvalue weighted by Crippen LogP contribution is -2.45. The van der Waals surface area contributed by atoms with Crippen LogP contribution in [0.4, 0.5) is 18.0 Å². The van der Waals surface area contributed by atoms with Gasteiger partial charge in [-0.25, -0.2) is 18.0 Å². The third kappa shape index (κ3) is 2.87. The SMILES string of the molecule is CN1C(=O)N[C@@H](c2cc(F)c(F)cc2F)C2=C1CN(C1CCCCC1)C2=O. The van der Waals surface area contributed by atoms with Crippen molar-refractivity contribution in [3.05, 3.63) is 46.4 Å². The van der Waals surface area contributed by atoms with E-state index < -0.39 is 29.5 Å². The van der Waals surface area contributed by atoms with Gasteiger partial charge >= 0.3 is 6.03 Å². The van der Waals surface area contributed by atoms with Crippen LogP contribution in [0.15, 0.2) is 23.4 Å². The Kier molecular flexibility index (Phi) is 4.36. The topological polar surface area (TPSA) is 52.7 Å². The Morgan fingerprint density at radius 2 is 1.67 bits per heavy atom. The maximum Gasteiger partial charge on any atom is 0.322 e. The molecule has 5 nitrogen and oxygen atoms in total. The van der Waals surface area contributed by atoms with Crippen molar-refractivity contribution < 1.29 is 22.8 Å². The molecule has 2 heterocycles. The molecule has 4 rings (SSSR count). The van der Waals surface area contributed by atoms with E-state index >= 15 is 0 Å². The quantitative estimate of drug-likeness (QED) is 0.803. The third-order valence-electron chi connectivity index (χ3n) is 5.75. The summed E-state index contributed by atoms with van der Waals surface area (Å²) in [5.41, 5.74) is 0.470. The van der Waals surface area contributed by atoms with Crippen LogP contribution in [0.1, 0.15) is 43.7 Å². The summed E-state index contributed by atoms with van der Waals surface area (Å²) in [6.07, 6.45) is 4.98. The molecule has 8 heteroatoms. The fourth-order valence-corrected chi connectivity index (χ4v) is 4.27. The Bertz CT molecular complexity index is 849. The average molecular weight is 379 g/mol. The Balaban J connectivity index is 1.74. The van der Waals surface area contributed by atoms with Gasteiger partial charge in [-0.2, -0.15) is 0 Å². The van der Waals surface area contributed by atoms with Gasteiger partial charge in [0.05, 0.1) is 23.9 Å². The fraction of sp³-hybridized carbons (Fsp3) is 0.474. The second-order valence-electron chi connectivity index (χ2n) is 7.31. The lowest BCUT2D eigenvalue weighted by atomic mass is 9.93. The largest absolute Gasteiger partial charge is 0.330 e. The van der Waals surface area contributed by atoms with E-state index in [1.807, 2.05) is 0 Å². The second kappa shape index (κ2) is 6.58. The Morgan fingerprint density at radius 3 is 2.37 bits per heavy atom. The Hall–Kier alpha value is -2.51. The van der Waals surface area contributed by atoms with E-state index in [4.69, 9.17) is 0 Å². The van der Waals surface area contributed by atoms with Gasteiger partial charge in [0.15, 0.2) is 11.6 Å². The molecule has 3 amide bonds. The van der Waals surface area contributed by atoms with E-state index in [-0.39, 0.29) is 29.6 Å². The molecule has 1 aromatic rings. The molecule has 0 spiro atoms. The number of amides is 3. The maximum atomic E-state index is 14.4. The number of halogens is 3. The molecule has 144 valence electrons. The van der Waals surface area contributed by atoms with Crippen molar-refractivity contribution in [2.24, 2.45) is 0 Å². The molecule has 0 aromatic heterocycles. The highest BCUT2D eigenvalue weighted by atomic mass is 19.2. The van der Waals surface area contributed by atoms with Crippen molar-refractivity contribution in [2.45, 2.75) is 44.2 Å². The summed E-state index contributed by atoms with van der Waals surface area (Å²) in [5.74, 6) is -3.82. The van der Waals surface area contributed by atoms with Crippen LogP contribution < -0.4 is 5.32 Å². The first kappa shape index (κ1) is 17.9. The van der Waals surface area contributed by atoms with Crippen molar-refractivity contribution >= 4 is 11.9 Å². The molecule has 1 N–H and O–H groups in total. The predicted octanol–water partition coefficient (Wildman–Crippen LogP) is 3.23. The summed E-state index contributed by atoms with van der Waals surface area (Å²) in [7, 11) is 1.54. The highest BCUT2D eigenvalue weighted by molar-refractivity contribution is 6.01. The first-order chi connectivity index (χ1) is 12.9. The molecule has 0 saturated heterocycles. The number of nitrogens with zero attached hydrogens (tertiary/aromatic N) is 2. The summed E-state index contributed by atoms with van der Waals surface area (Å²) in [6.45, 7) is 0.268. The lowest BCUT2D eigenvalue weighted by Gasteiger charge is -2.31. The Morgan fingerprint density at radius 1 is 1.00 bits per heavy atom. The molecule has 0 radical (unpaired) electrons. The van der Waals surface area contributed by atoms with E-state index in [2.05, 4.69) is 5.32 Å². The van der Waals surface area contributed by atoms with Gasteiger partial charge in [-0.15, -0.1) is 0 Å². The van der Waals surface area contributed by atoms with Crippen LogP contribution in [0.2, 0.25) is 0 Å². The van der Waals surface area contributed by atoms with Crippen LogP contribution in [-0.4, -0.2) is 41.4 Å². The minimum Gasteiger partial charge on any atom is -0.330 e. The first-order valence-electron chi connectivity index (χ1n) is 9.11. The van der Waals surface area contributed by atoms with E-state index in [9.17, 15) is 22.8 Å². The fourth-order valence-electron chi connectivity index (χ4n) is 4.27. The molecule has 2 aliphatic heterocycles. The van der Waals surface area contributed by atoms with Gasteiger partial charge in [0.2, 0.25) is 0 Å². The smallest absolute Gasteiger partial charge is 0.322 e. The summed E-state index contributed by atoms with van der Waals surface area (Å²) in [4.78, 5) is 28.5. The van der Waals surface area contributed by atoms with Crippen molar-refractivity contribution in [1.29, 1.82) is 0 Å². The molecule has 3 aliphatic rings. The predicted molar refractivity (Wildman–Crippen MR) is 91.0 cm³/mol. The zero-order chi connectivity index (χ0) is 19.3. The maximum absolute atomic E-state index is 14.4. The molecule has 27 heavy (non-hydrogen) atoms. The number of hydrogen-bond acceptors (Lipinski definition) is 2. The summed E-state index contributed by atoms with van der Waals surface area (Å²) < 4.78 is 41.4. The van der Waals surface area contributed by atoms with Crippen LogP contribution in [0.5, 0.6) is 0 Å². The van der Waals surface area contributed by atoms with Crippen molar-refractivity contribution in [2.75, 3.05) is 13.6 Å². The number of rotatable bonds is 2. The van der Waals surface area contributed by atoms with Crippen LogP contribution in [0.3, 0.4) is 0 Å². The van der Waals surface area contributed by atoms with Gasteiger partial charge in [0.25, 0.3) is 5.91 Å². The number of likely N-dealkylation sites (N-methyl/N-ethyl adjacent to an activating group) is 1. The van der Waals surface area contributed by atoms with Crippen LogP contribution in [0.25, 0.3) is 0 Å². The zero-order valence-electron chi connectivity index (χ0n) is 14.9. The lowest BCUT2D eigenvalue weighted by molar-refractivity contribution is -0.128.